The summed E-state index contributed by atoms with van der Waals surface area (Å²) < 4.78 is 8.31. The molecule has 0 bridgehead atoms. The summed E-state index contributed by atoms with van der Waals surface area (Å²) in [7, 11) is 1.78. The number of aromatic nitrogens is 2. The zero-order valence-electron chi connectivity index (χ0n) is 11.3. The molecule has 2 rings (SSSR count). The highest BCUT2D eigenvalue weighted by Crippen LogP contribution is 2.18. The van der Waals surface area contributed by atoms with Crippen LogP contribution in [0.1, 0.15) is 12.6 Å². The molecule has 0 aliphatic rings. The highest BCUT2D eigenvalue weighted by Gasteiger charge is 2.21. The van der Waals surface area contributed by atoms with Gasteiger partial charge in [-0.3, -0.25) is 14.3 Å². The van der Waals surface area contributed by atoms with Gasteiger partial charge in [-0.25, -0.2) is 4.68 Å². The van der Waals surface area contributed by atoms with Gasteiger partial charge in [0.2, 0.25) is 5.75 Å². The van der Waals surface area contributed by atoms with Gasteiger partial charge in [0, 0.05) is 25.7 Å². The van der Waals surface area contributed by atoms with Gasteiger partial charge in [-0.15, -0.1) is 0 Å². The molecule has 0 radical (unpaired) electrons. The summed E-state index contributed by atoms with van der Waals surface area (Å²) >= 11 is 3.35. The molecule has 106 valence electrons. The summed E-state index contributed by atoms with van der Waals surface area (Å²) in [5, 5.41) is 0.674. The number of carbonyl (C=O) groups excluding carboxylic acids is 1. The first-order valence-electron chi connectivity index (χ1n) is 6.17. The van der Waals surface area contributed by atoms with Crippen LogP contribution in [0.15, 0.2) is 35.1 Å². The van der Waals surface area contributed by atoms with Crippen LogP contribution < -0.4 is 10.3 Å². The standard InChI is InChI=1S/C14H15BrN2O3/c1-10(18)20-13-12(8-9-15)16(2)17(14(13)19)11-6-4-3-5-7-11/h3-7H,8-9H2,1-2H3. The molecule has 0 spiro atoms. The van der Waals surface area contributed by atoms with Gasteiger partial charge in [0.1, 0.15) is 0 Å². The average molecular weight is 339 g/mol. The van der Waals surface area contributed by atoms with Crippen LogP contribution in [0.4, 0.5) is 0 Å². The SMILES string of the molecule is CC(=O)Oc1c(CCBr)n(C)n(-c2ccccc2)c1=O. The molecule has 0 amide bonds. The fourth-order valence-corrected chi connectivity index (χ4v) is 2.47. The minimum absolute atomic E-state index is 0.100. The maximum atomic E-state index is 12.5. The highest BCUT2D eigenvalue weighted by molar-refractivity contribution is 9.09. The van der Waals surface area contributed by atoms with Crippen molar-refractivity contribution in [1.82, 2.24) is 9.36 Å². The third-order valence-electron chi connectivity index (χ3n) is 2.92. The Bertz CT molecular complexity index is 674. The number of esters is 1. The maximum Gasteiger partial charge on any atom is 0.314 e. The van der Waals surface area contributed by atoms with Crippen LogP contribution >= 0.6 is 15.9 Å². The lowest BCUT2D eigenvalue weighted by atomic mass is 10.3. The van der Waals surface area contributed by atoms with E-state index < -0.39 is 5.97 Å². The van der Waals surface area contributed by atoms with Gasteiger partial charge in [-0.05, 0) is 12.1 Å². The number of carbonyl (C=O) groups is 1. The van der Waals surface area contributed by atoms with Crippen LogP contribution in [-0.4, -0.2) is 20.7 Å². The number of rotatable bonds is 4. The first kappa shape index (κ1) is 14.6. The minimum Gasteiger partial charge on any atom is -0.419 e. The molecular weight excluding hydrogens is 324 g/mol. The molecule has 0 N–H and O–H groups in total. The van der Waals surface area contributed by atoms with Gasteiger partial charge in [0.15, 0.2) is 0 Å². The van der Waals surface area contributed by atoms with Gasteiger partial charge in [0.05, 0.1) is 11.4 Å². The Hall–Kier alpha value is -1.82. The van der Waals surface area contributed by atoms with Crippen molar-refractivity contribution in [3.05, 3.63) is 46.4 Å². The van der Waals surface area contributed by atoms with Gasteiger partial charge in [-0.2, -0.15) is 0 Å². The van der Waals surface area contributed by atoms with Crippen LogP contribution in [0.25, 0.3) is 5.69 Å². The Morgan fingerprint density at radius 3 is 2.50 bits per heavy atom. The molecule has 0 aliphatic heterocycles. The van der Waals surface area contributed by atoms with Crippen LogP contribution in [0.3, 0.4) is 0 Å². The molecule has 0 fully saturated rings. The quantitative estimate of drug-likeness (QED) is 0.633. The van der Waals surface area contributed by atoms with E-state index in [1.807, 2.05) is 30.3 Å². The van der Waals surface area contributed by atoms with Crippen molar-refractivity contribution in [2.24, 2.45) is 7.05 Å². The van der Waals surface area contributed by atoms with E-state index in [0.29, 0.717) is 17.4 Å². The van der Waals surface area contributed by atoms with Crippen molar-refractivity contribution in [1.29, 1.82) is 0 Å². The zero-order chi connectivity index (χ0) is 14.7. The predicted octanol–water partition coefficient (Wildman–Crippen LogP) is 2.04. The summed E-state index contributed by atoms with van der Waals surface area (Å²) in [5.74, 6) is -0.396. The lowest BCUT2D eigenvalue weighted by Crippen LogP contribution is -2.20. The van der Waals surface area contributed by atoms with Crippen molar-refractivity contribution in [2.45, 2.75) is 13.3 Å². The molecule has 20 heavy (non-hydrogen) atoms. The molecule has 0 aliphatic carbocycles. The monoisotopic (exact) mass is 338 g/mol. The van der Waals surface area contributed by atoms with E-state index in [4.69, 9.17) is 4.74 Å². The average Bonchev–Trinajstić information content (AvgIpc) is 2.64. The van der Waals surface area contributed by atoms with E-state index in [2.05, 4.69) is 15.9 Å². The molecule has 0 saturated heterocycles. The first-order valence-corrected chi connectivity index (χ1v) is 7.29. The molecular formula is C14H15BrN2O3. The van der Waals surface area contributed by atoms with E-state index in [9.17, 15) is 9.59 Å². The summed E-state index contributed by atoms with van der Waals surface area (Å²) in [5.41, 5.74) is 1.09. The van der Waals surface area contributed by atoms with Crippen molar-refractivity contribution in [3.63, 3.8) is 0 Å². The lowest BCUT2D eigenvalue weighted by Gasteiger charge is -2.08. The van der Waals surface area contributed by atoms with Crippen molar-refractivity contribution in [2.75, 3.05) is 5.33 Å². The molecule has 0 saturated carbocycles. The lowest BCUT2D eigenvalue weighted by molar-refractivity contribution is -0.132. The van der Waals surface area contributed by atoms with Gasteiger partial charge in [-0.1, -0.05) is 34.1 Å². The molecule has 1 heterocycles. The van der Waals surface area contributed by atoms with Crippen molar-refractivity contribution in [3.8, 4) is 11.4 Å². The smallest absolute Gasteiger partial charge is 0.314 e. The van der Waals surface area contributed by atoms with Gasteiger partial charge >= 0.3 is 11.5 Å². The number of alkyl halides is 1. The third-order valence-corrected chi connectivity index (χ3v) is 3.31. The van der Waals surface area contributed by atoms with Crippen LogP contribution in [0.2, 0.25) is 0 Å². The summed E-state index contributed by atoms with van der Waals surface area (Å²) in [6.45, 7) is 1.29. The van der Waals surface area contributed by atoms with E-state index in [1.165, 1.54) is 11.6 Å². The molecule has 1 aromatic carbocycles. The van der Waals surface area contributed by atoms with E-state index in [1.54, 1.807) is 11.7 Å². The molecule has 2 aromatic rings. The fourth-order valence-electron chi connectivity index (χ4n) is 2.09. The maximum absolute atomic E-state index is 12.5. The van der Waals surface area contributed by atoms with Crippen LogP contribution in [-0.2, 0) is 18.3 Å². The van der Waals surface area contributed by atoms with E-state index in [-0.39, 0.29) is 11.3 Å². The second-order valence-corrected chi connectivity index (χ2v) is 5.08. The Morgan fingerprint density at radius 1 is 1.30 bits per heavy atom. The molecule has 0 unspecified atom stereocenters. The number of halogens is 1. The number of para-hydroxylation sites is 1. The highest BCUT2D eigenvalue weighted by atomic mass is 79.9. The van der Waals surface area contributed by atoms with E-state index >= 15 is 0 Å². The number of ether oxygens (including phenoxy) is 1. The van der Waals surface area contributed by atoms with E-state index in [0.717, 1.165) is 5.69 Å². The van der Waals surface area contributed by atoms with Crippen molar-refractivity contribution < 1.29 is 9.53 Å². The third kappa shape index (κ3) is 2.70. The van der Waals surface area contributed by atoms with Crippen molar-refractivity contribution >= 4 is 21.9 Å². The second-order valence-electron chi connectivity index (χ2n) is 4.28. The number of nitrogens with zero attached hydrogens (tertiary/aromatic N) is 2. The van der Waals surface area contributed by atoms with Gasteiger partial charge in [0.25, 0.3) is 0 Å². The molecule has 1 aromatic heterocycles. The predicted molar refractivity (Wildman–Crippen MR) is 79.8 cm³/mol. The Morgan fingerprint density at radius 2 is 1.95 bits per heavy atom. The minimum atomic E-state index is -0.497. The van der Waals surface area contributed by atoms with Crippen LogP contribution in [0.5, 0.6) is 5.75 Å². The Labute approximate surface area is 124 Å². The summed E-state index contributed by atoms with van der Waals surface area (Å²) in [6.07, 6.45) is 0.591. The summed E-state index contributed by atoms with van der Waals surface area (Å²) in [6, 6.07) is 9.24. The van der Waals surface area contributed by atoms with Crippen LogP contribution in [0, 0.1) is 0 Å². The largest absolute Gasteiger partial charge is 0.419 e. The Kier molecular flexibility index (Phi) is 4.44. The topological polar surface area (TPSA) is 53.2 Å². The normalized spacial score (nSPS) is 10.6. The fraction of sp³-hybridized carbons (Fsp3) is 0.286. The first-order chi connectivity index (χ1) is 9.56. The molecule has 6 heteroatoms. The molecule has 5 nitrogen and oxygen atoms in total. The van der Waals surface area contributed by atoms with Gasteiger partial charge < -0.3 is 4.74 Å². The molecule has 0 atom stereocenters. The Balaban J connectivity index is 2.65. The zero-order valence-corrected chi connectivity index (χ0v) is 12.9. The number of benzene rings is 1. The summed E-state index contributed by atoms with van der Waals surface area (Å²) in [4.78, 5) is 23.7. The second kappa shape index (κ2) is 6.09. The number of hydrogen-bond acceptors (Lipinski definition) is 3. The number of hydrogen-bond donors (Lipinski definition) is 0.